The van der Waals surface area contributed by atoms with Gasteiger partial charge in [-0.15, -0.1) is 24.0 Å². The molecule has 0 bridgehead atoms. The van der Waals surface area contributed by atoms with Crippen molar-refractivity contribution < 1.29 is 9.47 Å². The summed E-state index contributed by atoms with van der Waals surface area (Å²) in [7, 11) is 1.70. The normalized spacial score (nSPS) is 24.3. The number of halogens is 1. The first-order valence-corrected chi connectivity index (χ1v) is 9.01. The fourth-order valence-corrected chi connectivity index (χ4v) is 3.86. The summed E-state index contributed by atoms with van der Waals surface area (Å²) in [6, 6.07) is 8.86. The van der Waals surface area contributed by atoms with Gasteiger partial charge in [0.25, 0.3) is 0 Å². The number of aliphatic imine (C=N–C) groups is 1. The Morgan fingerprint density at radius 3 is 2.84 bits per heavy atom. The molecule has 1 aliphatic heterocycles. The lowest BCUT2D eigenvalue weighted by Crippen LogP contribution is -2.45. The molecular formula is C19H30IN3O2. The number of methoxy groups -OCH3 is 1. The molecular weight excluding hydrogens is 429 g/mol. The van der Waals surface area contributed by atoms with Gasteiger partial charge in [0.15, 0.2) is 5.96 Å². The molecule has 2 aliphatic rings. The van der Waals surface area contributed by atoms with Crippen LogP contribution < -0.4 is 11.1 Å². The third-order valence-electron chi connectivity index (χ3n) is 5.10. The van der Waals surface area contributed by atoms with Crippen molar-refractivity contribution in [3.05, 3.63) is 35.4 Å². The maximum absolute atomic E-state index is 6.16. The van der Waals surface area contributed by atoms with Crippen molar-refractivity contribution in [1.29, 1.82) is 0 Å². The van der Waals surface area contributed by atoms with E-state index in [0.717, 1.165) is 6.42 Å². The molecule has 0 radical (unpaired) electrons. The molecule has 0 amide bonds. The summed E-state index contributed by atoms with van der Waals surface area (Å²) in [5.41, 5.74) is 8.09. The van der Waals surface area contributed by atoms with Crippen LogP contribution in [0.4, 0.5) is 0 Å². The van der Waals surface area contributed by atoms with E-state index in [-0.39, 0.29) is 24.0 Å². The zero-order valence-electron chi connectivity index (χ0n) is 15.0. The maximum atomic E-state index is 6.16. The van der Waals surface area contributed by atoms with Crippen LogP contribution in [0.3, 0.4) is 0 Å². The first kappa shape index (κ1) is 20.5. The minimum absolute atomic E-state index is 0. The van der Waals surface area contributed by atoms with Crippen molar-refractivity contribution in [3.63, 3.8) is 0 Å². The molecule has 1 heterocycles. The highest BCUT2D eigenvalue weighted by molar-refractivity contribution is 14.0. The Balaban J connectivity index is 0.00000225. The number of ether oxygens (including phenoxy) is 2. The fraction of sp³-hybridized carbons (Fsp3) is 0.632. The van der Waals surface area contributed by atoms with E-state index in [9.17, 15) is 0 Å². The van der Waals surface area contributed by atoms with Gasteiger partial charge in [0, 0.05) is 13.2 Å². The van der Waals surface area contributed by atoms with Gasteiger partial charge in [-0.05, 0) is 30.4 Å². The molecule has 3 N–H and O–H groups in total. The summed E-state index contributed by atoms with van der Waals surface area (Å²) in [6.45, 7) is 1.64. The van der Waals surface area contributed by atoms with Gasteiger partial charge in [0.1, 0.15) is 5.60 Å². The quantitative estimate of drug-likeness (QED) is 0.404. The van der Waals surface area contributed by atoms with Gasteiger partial charge in [-0.1, -0.05) is 43.5 Å². The topological polar surface area (TPSA) is 68.9 Å². The SMILES string of the molecule is COCC1(CN=C(N)NC2CCCCC2)OCCc2ccccc21.I. The van der Waals surface area contributed by atoms with Crippen LogP contribution in [0, 0.1) is 0 Å². The Labute approximate surface area is 167 Å². The highest BCUT2D eigenvalue weighted by Crippen LogP contribution is 2.34. The third-order valence-corrected chi connectivity index (χ3v) is 5.10. The summed E-state index contributed by atoms with van der Waals surface area (Å²) in [4.78, 5) is 4.61. The van der Waals surface area contributed by atoms with E-state index in [1.165, 1.54) is 43.2 Å². The Morgan fingerprint density at radius 2 is 2.08 bits per heavy atom. The van der Waals surface area contributed by atoms with Gasteiger partial charge >= 0.3 is 0 Å². The van der Waals surface area contributed by atoms with Crippen LogP contribution in [-0.4, -0.2) is 38.9 Å². The van der Waals surface area contributed by atoms with Crippen molar-refractivity contribution in [2.24, 2.45) is 10.7 Å². The molecule has 140 valence electrons. The van der Waals surface area contributed by atoms with Crippen LogP contribution in [0.1, 0.15) is 43.2 Å². The summed E-state index contributed by atoms with van der Waals surface area (Å²) >= 11 is 0. The Hall–Kier alpha value is -0.860. The number of hydrogen-bond acceptors (Lipinski definition) is 3. The molecule has 25 heavy (non-hydrogen) atoms. The molecule has 1 unspecified atom stereocenters. The van der Waals surface area contributed by atoms with Crippen LogP contribution in [-0.2, 0) is 21.5 Å². The van der Waals surface area contributed by atoms with Gasteiger partial charge < -0.3 is 20.5 Å². The van der Waals surface area contributed by atoms with Crippen molar-refractivity contribution in [2.75, 3.05) is 26.9 Å². The summed E-state index contributed by atoms with van der Waals surface area (Å²) in [5, 5.41) is 3.37. The summed E-state index contributed by atoms with van der Waals surface area (Å²) in [5.74, 6) is 0.518. The lowest BCUT2D eigenvalue weighted by Gasteiger charge is -2.37. The lowest BCUT2D eigenvalue weighted by atomic mass is 9.86. The van der Waals surface area contributed by atoms with Crippen LogP contribution in [0.5, 0.6) is 0 Å². The van der Waals surface area contributed by atoms with Crippen molar-refractivity contribution in [2.45, 2.75) is 50.2 Å². The fourth-order valence-electron chi connectivity index (χ4n) is 3.86. The zero-order valence-corrected chi connectivity index (χ0v) is 17.3. The van der Waals surface area contributed by atoms with Crippen LogP contribution >= 0.6 is 24.0 Å². The van der Waals surface area contributed by atoms with E-state index >= 15 is 0 Å². The third kappa shape index (κ3) is 5.08. The van der Waals surface area contributed by atoms with Gasteiger partial charge in [-0.2, -0.15) is 0 Å². The number of rotatable bonds is 5. The molecule has 3 rings (SSSR count). The highest BCUT2D eigenvalue weighted by Gasteiger charge is 2.38. The van der Waals surface area contributed by atoms with Crippen LogP contribution in [0.25, 0.3) is 0 Å². The number of benzene rings is 1. The maximum Gasteiger partial charge on any atom is 0.188 e. The smallest absolute Gasteiger partial charge is 0.188 e. The second kappa shape index (κ2) is 9.73. The molecule has 1 aromatic rings. The van der Waals surface area contributed by atoms with Crippen LogP contribution in [0.15, 0.2) is 29.3 Å². The number of nitrogens with one attached hydrogen (secondary N) is 1. The molecule has 0 aromatic heterocycles. The predicted octanol–water partition coefficient (Wildman–Crippen LogP) is 2.96. The number of guanidine groups is 1. The average molecular weight is 459 g/mol. The minimum Gasteiger partial charge on any atom is -0.381 e. The molecule has 0 spiro atoms. The van der Waals surface area contributed by atoms with Crippen molar-refractivity contribution >= 4 is 29.9 Å². The van der Waals surface area contributed by atoms with E-state index in [2.05, 4.69) is 28.5 Å². The molecule has 1 saturated carbocycles. The molecule has 1 fully saturated rings. The molecule has 0 saturated heterocycles. The largest absolute Gasteiger partial charge is 0.381 e. The molecule has 1 aliphatic carbocycles. The van der Waals surface area contributed by atoms with Gasteiger partial charge in [0.05, 0.1) is 19.8 Å². The molecule has 5 nitrogen and oxygen atoms in total. The molecule has 1 aromatic carbocycles. The number of nitrogens with two attached hydrogens (primary N) is 1. The number of hydrogen-bond donors (Lipinski definition) is 2. The van der Waals surface area contributed by atoms with Gasteiger partial charge in [-0.3, -0.25) is 0 Å². The Kier molecular flexibility index (Phi) is 7.96. The second-order valence-corrected chi connectivity index (χ2v) is 6.86. The highest BCUT2D eigenvalue weighted by atomic mass is 127. The van der Waals surface area contributed by atoms with E-state index < -0.39 is 5.60 Å². The predicted molar refractivity (Wildman–Crippen MR) is 112 cm³/mol. The van der Waals surface area contributed by atoms with Crippen LogP contribution in [0.2, 0.25) is 0 Å². The van der Waals surface area contributed by atoms with E-state index in [1.807, 2.05) is 6.07 Å². The number of nitrogens with zero attached hydrogens (tertiary/aromatic N) is 1. The Morgan fingerprint density at radius 1 is 1.32 bits per heavy atom. The first-order valence-electron chi connectivity index (χ1n) is 9.01. The monoisotopic (exact) mass is 459 g/mol. The zero-order chi connectivity index (χ0) is 16.8. The average Bonchev–Trinajstić information content (AvgIpc) is 2.62. The second-order valence-electron chi connectivity index (χ2n) is 6.86. The van der Waals surface area contributed by atoms with Crippen molar-refractivity contribution in [3.8, 4) is 0 Å². The van der Waals surface area contributed by atoms with Crippen molar-refractivity contribution in [1.82, 2.24) is 5.32 Å². The minimum atomic E-state index is -0.539. The standard InChI is InChI=1S/C19H29N3O2.HI/c1-23-14-19(17-10-6-5-7-15(17)11-12-24-19)13-21-18(20)22-16-8-3-2-4-9-16;/h5-7,10,16H,2-4,8-9,11-14H2,1H3,(H3,20,21,22);1H. The van der Waals surface area contributed by atoms with Gasteiger partial charge in [-0.25, -0.2) is 4.99 Å². The molecule has 6 heteroatoms. The summed E-state index contributed by atoms with van der Waals surface area (Å²) < 4.78 is 11.6. The summed E-state index contributed by atoms with van der Waals surface area (Å²) in [6.07, 6.45) is 7.17. The van der Waals surface area contributed by atoms with E-state index in [0.29, 0.717) is 31.8 Å². The van der Waals surface area contributed by atoms with E-state index in [1.54, 1.807) is 7.11 Å². The number of fused-ring (bicyclic) bond motifs is 1. The molecule has 1 atom stereocenters. The van der Waals surface area contributed by atoms with E-state index in [4.69, 9.17) is 15.2 Å². The first-order chi connectivity index (χ1) is 11.7. The lowest BCUT2D eigenvalue weighted by molar-refractivity contribution is -0.0960. The Bertz CT molecular complexity index is 576. The van der Waals surface area contributed by atoms with Gasteiger partial charge in [0.2, 0.25) is 0 Å².